The first-order valence-corrected chi connectivity index (χ1v) is 7.92. The first-order chi connectivity index (χ1) is 10.9. The smallest absolute Gasteiger partial charge is 0.237 e. The Morgan fingerprint density at radius 1 is 1.26 bits per heavy atom. The van der Waals surface area contributed by atoms with Gasteiger partial charge in [-0.05, 0) is 37.3 Å². The number of thioether (sulfide) groups is 1. The van der Waals surface area contributed by atoms with Gasteiger partial charge >= 0.3 is 0 Å². The minimum absolute atomic E-state index is 0.201. The van der Waals surface area contributed by atoms with Crippen LogP contribution in [-0.4, -0.2) is 18.3 Å². The van der Waals surface area contributed by atoms with Crippen LogP contribution in [0.2, 0.25) is 5.02 Å². The van der Waals surface area contributed by atoms with Crippen molar-refractivity contribution in [2.45, 2.75) is 17.1 Å². The van der Waals surface area contributed by atoms with Gasteiger partial charge in [-0.2, -0.15) is 0 Å². The molecular weight excluding hydrogens is 344 g/mol. The molecule has 7 heteroatoms. The normalized spacial score (nSPS) is 11.9. The number of carbonyl (C=O) groups is 1. The van der Waals surface area contributed by atoms with Crippen LogP contribution in [0.25, 0.3) is 0 Å². The minimum Gasteiger partial charge on any atom is -0.495 e. The predicted molar refractivity (Wildman–Crippen MR) is 88.3 cm³/mol. The van der Waals surface area contributed by atoms with Crippen LogP contribution in [0.3, 0.4) is 0 Å². The van der Waals surface area contributed by atoms with E-state index >= 15 is 0 Å². The van der Waals surface area contributed by atoms with Gasteiger partial charge in [0.15, 0.2) is 0 Å². The summed E-state index contributed by atoms with van der Waals surface area (Å²) in [6.07, 6.45) is 0. The summed E-state index contributed by atoms with van der Waals surface area (Å²) in [5, 5.41) is 2.54. The Bertz CT molecular complexity index is 727. The van der Waals surface area contributed by atoms with E-state index in [-0.39, 0.29) is 10.8 Å². The second-order valence-electron chi connectivity index (χ2n) is 4.67. The minimum atomic E-state index is -0.699. The zero-order valence-electron chi connectivity index (χ0n) is 12.4. The molecule has 2 rings (SSSR count). The molecule has 0 saturated heterocycles. The number of carbonyl (C=O) groups excluding carboxylic acids is 1. The summed E-state index contributed by atoms with van der Waals surface area (Å²) >= 11 is 6.90. The third-order valence-corrected chi connectivity index (χ3v) is 4.37. The summed E-state index contributed by atoms with van der Waals surface area (Å²) in [4.78, 5) is 12.4. The molecule has 3 nitrogen and oxygen atoms in total. The summed E-state index contributed by atoms with van der Waals surface area (Å²) in [6, 6.07) is 8.08. The van der Waals surface area contributed by atoms with Crippen molar-refractivity contribution in [1.29, 1.82) is 0 Å². The number of rotatable bonds is 5. The molecule has 2 aromatic rings. The molecule has 0 heterocycles. The molecule has 0 bridgehead atoms. The Hall–Kier alpha value is -1.79. The summed E-state index contributed by atoms with van der Waals surface area (Å²) in [5.41, 5.74) is 0.428. The van der Waals surface area contributed by atoms with Crippen molar-refractivity contribution in [3.8, 4) is 5.75 Å². The molecule has 0 aliphatic heterocycles. The molecule has 0 fully saturated rings. The van der Waals surface area contributed by atoms with Crippen LogP contribution in [-0.2, 0) is 4.79 Å². The van der Waals surface area contributed by atoms with Crippen LogP contribution in [0.15, 0.2) is 41.3 Å². The van der Waals surface area contributed by atoms with Gasteiger partial charge in [-0.15, -0.1) is 11.8 Å². The average molecular weight is 358 g/mol. The van der Waals surface area contributed by atoms with Crippen molar-refractivity contribution >= 4 is 35.0 Å². The Labute approximate surface area is 142 Å². The van der Waals surface area contributed by atoms with Gasteiger partial charge in [-0.3, -0.25) is 4.79 Å². The maximum absolute atomic E-state index is 13.6. The Balaban J connectivity index is 2.10. The van der Waals surface area contributed by atoms with E-state index in [0.29, 0.717) is 16.5 Å². The van der Waals surface area contributed by atoms with Crippen molar-refractivity contribution in [2.24, 2.45) is 0 Å². The molecule has 0 aromatic heterocycles. The summed E-state index contributed by atoms with van der Waals surface area (Å²) in [6.45, 7) is 1.62. The van der Waals surface area contributed by atoms with E-state index in [1.807, 2.05) is 0 Å². The maximum atomic E-state index is 13.6. The second-order valence-corrected chi connectivity index (χ2v) is 6.49. The number of methoxy groups -OCH3 is 1. The van der Waals surface area contributed by atoms with Crippen LogP contribution in [0, 0.1) is 11.6 Å². The fourth-order valence-corrected chi connectivity index (χ4v) is 2.86. The van der Waals surface area contributed by atoms with Gasteiger partial charge in [0.25, 0.3) is 0 Å². The Morgan fingerprint density at radius 3 is 2.65 bits per heavy atom. The molecule has 2 aromatic carbocycles. The second kappa shape index (κ2) is 7.66. The number of halogens is 3. The first kappa shape index (κ1) is 17.6. The molecule has 122 valence electrons. The highest BCUT2D eigenvalue weighted by atomic mass is 35.5. The quantitative estimate of drug-likeness (QED) is 0.785. The van der Waals surface area contributed by atoms with E-state index < -0.39 is 16.9 Å². The zero-order valence-corrected chi connectivity index (χ0v) is 14.0. The van der Waals surface area contributed by atoms with Gasteiger partial charge in [0.2, 0.25) is 5.91 Å². The third kappa shape index (κ3) is 4.59. The molecule has 1 amide bonds. The van der Waals surface area contributed by atoms with Gasteiger partial charge < -0.3 is 10.1 Å². The van der Waals surface area contributed by atoms with Gasteiger partial charge in [-0.1, -0.05) is 11.6 Å². The highest BCUT2D eigenvalue weighted by Crippen LogP contribution is 2.30. The van der Waals surface area contributed by atoms with E-state index in [4.69, 9.17) is 16.3 Å². The number of nitrogens with one attached hydrogen (secondary N) is 1. The largest absolute Gasteiger partial charge is 0.495 e. The van der Waals surface area contributed by atoms with Gasteiger partial charge in [-0.25, -0.2) is 8.78 Å². The van der Waals surface area contributed by atoms with Crippen LogP contribution in [0.4, 0.5) is 14.5 Å². The number of hydrogen-bond acceptors (Lipinski definition) is 3. The highest BCUT2D eigenvalue weighted by Gasteiger charge is 2.18. The number of benzene rings is 2. The van der Waals surface area contributed by atoms with E-state index in [9.17, 15) is 13.6 Å². The molecule has 1 atom stereocenters. The van der Waals surface area contributed by atoms with Crippen LogP contribution >= 0.6 is 23.4 Å². The Kier molecular flexibility index (Phi) is 5.85. The molecule has 0 saturated carbocycles. The molecule has 0 spiro atoms. The highest BCUT2D eigenvalue weighted by molar-refractivity contribution is 8.00. The zero-order chi connectivity index (χ0) is 17.0. The summed E-state index contributed by atoms with van der Waals surface area (Å²) in [5.74, 6) is -1.24. The Morgan fingerprint density at radius 2 is 2.00 bits per heavy atom. The molecule has 23 heavy (non-hydrogen) atoms. The number of anilines is 1. The lowest BCUT2D eigenvalue weighted by Gasteiger charge is -2.14. The molecule has 0 radical (unpaired) electrons. The number of ether oxygens (including phenoxy) is 1. The number of hydrogen-bond donors (Lipinski definition) is 1. The van der Waals surface area contributed by atoms with Crippen molar-refractivity contribution in [1.82, 2.24) is 0 Å². The lowest BCUT2D eigenvalue weighted by atomic mass is 10.3. The van der Waals surface area contributed by atoms with Gasteiger partial charge in [0.1, 0.15) is 17.4 Å². The first-order valence-electron chi connectivity index (χ1n) is 6.67. The predicted octanol–water partition coefficient (Wildman–Crippen LogP) is 4.75. The SMILES string of the molecule is COc1ccc(Cl)cc1NC(=O)C(C)Sc1ccc(F)cc1F. The fourth-order valence-electron chi connectivity index (χ4n) is 1.83. The van der Waals surface area contributed by atoms with Crippen LogP contribution < -0.4 is 10.1 Å². The maximum Gasteiger partial charge on any atom is 0.237 e. The van der Waals surface area contributed by atoms with Crippen molar-refractivity contribution in [3.05, 3.63) is 53.1 Å². The van der Waals surface area contributed by atoms with E-state index in [1.165, 1.54) is 13.2 Å². The van der Waals surface area contributed by atoms with Crippen molar-refractivity contribution < 1.29 is 18.3 Å². The topological polar surface area (TPSA) is 38.3 Å². The summed E-state index contributed by atoms with van der Waals surface area (Å²) in [7, 11) is 1.48. The molecule has 1 unspecified atom stereocenters. The van der Waals surface area contributed by atoms with Gasteiger partial charge in [0.05, 0.1) is 18.0 Å². The van der Waals surface area contributed by atoms with Crippen LogP contribution in [0.5, 0.6) is 5.75 Å². The lowest BCUT2D eigenvalue weighted by molar-refractivity contribution is -0.115. The lowest BCUT2D eigenvalue weighted by Crippen LogP contribution is -2.22. The van der Waals surface area contributed by atoms with Crippen molar-refractivity contribution in [3.63, 3.8) is 0 Å². The molecular formula is C16H14ClF2NO2S. The number of amides is 1. The van der Waals surface area contributed by atoms with E-state index in [2.05, 4.69) is 5.32 Å². The van der Waals surface area contributed by atoms with E-state index in [1.54, 1.807) is 25.1 Å². The van der Waals surface area contributed by atoms with E-state index in [0.717, 1.165) is 23.9 Å². The monoisotopic (exact) mass is 357 g/mol. The molecule has 0 aliphatic rings. The average Bonchev–Trinajstić information content (AvgIpc) is 2.50. The molecule has 0 aliphatic carbocycles. The standard InChI is InChI=1S/C16H14ClF2NO2S/c1-9(23-15-6-4-11(18)8-12(15)19)16(21)20-13-7-10(17)3-5-14(13)22-2/h3-9H,1-2H3,(H,20,21). The fraction of sp³-hybridized carbons (Fsp3) is 0.188. The van der Waals surface area contributed by atoms with Crippen molar-refractivity contribution in [2.75, 3.05) is 12.4 Å². The third-order valence-electron chi connectivity index (χ3n) is 2.99. The van der Waals surface area contributed by atoms with Gasteiger partial charge in [0, 0.05) is 16.0 Å². The molecule has 1 N–H and O–H groups in total. The summed E-state index contributed by atoms with van der Waals surface area (Å²) < 4.78 is 31.7. The van der Waals surface area contributed by atoms with Crippen LogP contribution in [0.1, 0.15) is 6.92 Å².